The monoisotopic (exact) mass is 1660 g/mol. The third kappa shape index (κ3) is 14.2. The molecular weight excluding hydrogens is 1590 g/mol. The molecule has 4 unspecified atom stereocenters. The molecule has 4 aliphatic rings. The van der Waals surface area contributed by atoms with E-state index in [-0.39, 0.29) is 24.0 Å². The van der Waals surface area contributed by atoms with Crippen molar-refractivity contribution in [3.05, 3.63) is 483 Å². The fourth-order valence-electron chi connectivity index (χ4n) is 19.3. The van der Waals surface area contributed by atoms with Crippen molar-refractivity contribution in [2.45, 2.75) is 24.0 Å². The standard InChI is InChI=1S/C63H42N4O.C57H38N4O/c1-4-15-41(16-5-1)44-29-31-45(32-30-44)48-23-14-26-52(39-48)67-56-28-11-10-27-54(56)59-57(67)35-34-53-55-40-51(33-36-58(55)68-60(53)59)63-65-61(49-24-12-21-46(37-49)42-17-6-2-7-18-42)64-62(66-63)50-25-13-22-47(38-50)43-19-8-3-9-20-43;1-4-14-37(15-5-1)40-26-28-41(29-27-40)55-58-56(44-22-12-20-42(34-44)38-16-6-2-7-17-38)60-57(59-55)45-30-33-52-49(36-45)47-31-32-51-53(54(47)62-52)48-24-10-11-25-50(48)61(51)46-23-13-21-43(35-46)39-18-8-3-9-19-39/h1-40,53,60H;1-36,47,54H. The Labute approximate surface area is 753 Å². The number of ether oxygens (including phenoxy) is 2. The highest BCUT2D eigenvalue weighted by Gasteiger charge is 2.43. The van der Waals surface area contributed by atoms with Crippen LogP contribution in [-0.4, -0.2) is 39.0 Å². The average Bonchev–Trinajstić information content (AvgIpc) is 1.56. The minimum atomic E-state index is -0.203. The molecule has 6 heterocycles. The van der Waals surface area contributed by atoms with Crippen molar-refractivity contribution in [1.82, 2.24) is 39.0 Å². The number of hydrogen-bond donors (Lipinski definition) is 0. The average molecular weight is 1670 g/mol. The van der Waals surface area contributed by atoms with Crippen LogP contribution < -0.4 is 9.47 Å². The van der Waals surface area contributed by atoms with Crippen molar-refractivity contribution in [2.24, 2.45) is 0 Å². The summed E-state index contributed by atoms with van der Waals surface area (Å²) >= 11 is 0. The summed E-state index contributed by atoms with van der Waals surface area (Å²) in [6.07, 6.45) is 8.82. The van der Waals surface area contributed by atoms with Crippen LogP contribution in [0.2, 0.25) is 0 Å². The van der Waals surface area contributed by atoms with Gasteiger partial charge in [-0.1, -0.05) is 358 Å². The van der Waals surface area contributed by atoms with Gasteiger partial charge in [-0.2, -0.15) is 0 Å². The summed E-state index contributed by atoms with van der Waals surface area (Å²) in [4.78, 5) is 31.1. The Hall–Kier alpha value is -17.1. The van der Waals surface area contributed by atoms with Crippen LogP contribution in [0.5, 0.6) is 11.5 Å². The summed E-state index contributed by atoms with van der Waals surface area (Å²) in [7, 11) is 0. The molecule has 10 nitrogen and oxygen atoms in total. The Kier molecular flexibility index (Phi) is 19.3. The third-order valence-electron chi connectivity index (χ3n) is 25.7. The van der Waals surface area contributed by atoms with Crippen molar-refractivity contribution in [3.63, 3.8) is 0 Å². The first kappa shape index (κ1) is 76.6. The minimum Gasteiger partial charge on any atom is -0.484 e. The molecule has 21 aromatic rings. The van der Waals surface area contributed by atoms with E-state index in [2.05, 4.69) is 446 Å². The van der Waals surface area contributed by atoms with E-state index < -0.39 is 0 Å². The van der Waals surface area contributed by atoms with Crippen LogP contribution >= 0.6 is 0 Å². The number of para-hydroxylation sites is 2. The zero-order chi connectivity index (χ0) is 86.0. The quantitative estimate of drug-likeness (QED) is 0.0999. The fourth-order valence-corrected chi connectivity index (χ4v) is 19.3. The lowest BCUT2D eigenvalue weighted by Gasteiger charge is -2.22. The van der Waals surface area contributed by atoms with Crippen molar-refractivity contribution in [2.75, 3.05) is 0 Å². The van der Waals surface area contributed by atoms with Gasteiger partial charge in [0.25, 0.3) is 0 Å². The maximum Gasteiger partial charge on any atom is 0.164 e. The van der Waals surface area contributed by atoms with Gasteiger partial charge >= 0.3 is 0 Å². The van der Waals surface area contributed by atoms with E-state index in [0.717, 1.165) is 134 Å². The largest absolute Gasteiger partial charge is 0.484 e. The maximum atomic E-state index is 7.01. The van der Waals surface area contributed by atoms with Gasteiger partial charge in [0.15, 0.2) is 34.9 Å². The van der Waals surface area contributed by atoms with Gasteiger partial charge in [0, 0.05) is 89.6 Å². The van der Waals surface area contributed by atoms with Gasteiger partial charge in [-0.25, -0.2) is 29.9 Å². The molecule has 2 aliphatic carbocycles. The molecule has 0 spiro atoms. The second-order valence-corrected chi connectivity index (χ2v) is 33.5. The molecule has 130 heavy (non-hydrogen) atoms. The van der Waals surface area contributed by atoms with Crippen LogP contribution in [0.4, 0.5) is 0 Å². The summed E-state index contributed by atoms with van der Waals surface area (Å²) < 4.78 is 18.7. The lowest BCUT2D eigenvalue weighted by Crippen LogP contribution is -2.13. The molecule has 0 saturated carbocycles. The van der Waals surface area contributed by atoms with Gasteiger partial charge < -0.3 is 18.6 Å². The van der Waals surface area contributed by atoms with Gasteiger partial charge in [0.2, 0.25) is 0 Å². The molecule has 0 N–H and O–H groups in total. The summed E-state index contributed by atoms with van der Waals surface area (Å²) in [6, 6.07) is 153. The number of benzene rings is 17. The van der Waals surface area contributed by atoms with Crippen LogP contribution in [0.15, 0.2) is 449 Å². The van der Waals surface area contributed by atoms with E-state index in [4.69, 9.17) is 39.4 Å². The van der Waals surface area contributed by atoms with Crippen LogP contribution in [0.1, 0.15) is 57.7 Å². The molecule has 612 valence electrons. The number of fused-ring (bicyclic) bond motifs is 14. The van der Waals surface area contributed by atoms with Gasteiger partial charge in [-0.3, -0.25) is 0 Å². The Balaban J connectivity index is 0.000000145. The number of hydrogen-bond acceptors (Lipinski definition) is 8. The summed E-state index contributed by atoms with van der Waals surface area (Å²) in [5, 5.41) is 2.39. The summed E-state index contributed by atoms with van der Waals surface area (Å²) in [6.45, 7) is 0. The lowest BCUT2D eigenvalue weighted by molar-refractivity contribution is 0.224. The number of rotatable bonds is 15. The molecule has 0 amide bonds. The van der Waals surface area contributed by atoms with Crippen molar-refractivity contribution in [3.8, 4) is 169 Å². The van der Waals surface area contributed by atoms with E-state index >= 15 is 0 Å². The number of nitrogens with zero attached hydrogens (tertiary/aromatic N) is 8. The van der Waals surface area contributed by atoms with Crippen molar-refractivity contribution >= 4 is 34.0 Å². The van der Waals surface area contributed by atoms with E-state index in [9.17, 15) is 0 Å². The molecule has 10 heteroatoms. The molecule has 0 radical (unpaired) electrons. The molecule has 4 atom stereocenters. The molecular formula is C120H80N8O2. The SMILES string of the molecule is C1=CC2c3cc(-c4nc(-c5ccc(-c6ccccc6)cc5)nc(-c5cccc(-c6ccccc6)c5)n4)ccc3OC2c2c1n(-c1cccc(-c3ccccc3)c1)c1ccccc21.C1=CC2c3cc(-c4nc(-c5cccc(-c6ccccc6)c5)nc(-c5cccc(-c6ccccc6)c5)n4)ccc3OC2c2c1n(-c1cccc(-c3ccc(-c4ccccc4)cc3)c1)c1ccccc21. The highest BCUT2D eigenvalue weighted by atomic mass is 16.5. The van der Waals surface area contributed by atoms with Crippen molar-refractivity contribution in [1.29, 1.82) is 0 Å². The zero-order valence-electron chi connectivity index (χ0n) is 70.6. The van der Waals surface area contributed by atoms with Crippen LogP contribution in [0.3, 0.4) is 0 Å². The molecule has 0 fully saturated rings. The highest BCUT2D eigenvalue weighted by Crippen LogP contribution is 2.56. The second-order valence-electron chi connectivity index (χ2n) is 33.5. The topological polar surface area (TPSA) is 106 Å². The molecule has 4 aromatic heterocycles. The van der Waals surface area contributed by atoms with Crippen LogP contribution in [-0.2, 0) is 0 Å². The highest BCUT2D eigenvalue weighted by molar-refractivity contribution is 5.95. The fraction of sp³-hybridized carbons (Fsp3) is 0.0333. The van der Waals surface area contributed by atoms with E-state index in [0.29, 0.717) is 34.9 Å². The molecule has 0 bridgehead atoms. The molecule has 25 rings (SSSR count). The first-order chi connectivity index (χ1) is 64.4. The summed E-state index contributed by atoms with van der Waals surface area (Å²) in [5.74, 6) is 5.47. The maximum absolute atomic E-state index is 7.01. The first-order valence-electron chi connectivity index (χ1n) is 44.2. The Morgan fingerprint density at radius 2 is 0.431 bits per heavy atom. The van der Waals surface area contributed by atoms with Gasteiger partial charge in [0.05, 0.1) is 22.4 Å². The van der Waals surface area contributed by atoms with Gasteiger partial charge in [0.1, 0.15) is 23.7 Å². The lowest BCUT2D eigenvalue weighted by atomic mass is 9.85. The first-order valence-corrected chi connectivity index (χ1v) is 44.2. The molecule has 0 saturated heterocycles. The van der Waals surface area contributed by atoms with E-state index in [1.807, 2.05) is 24.3 Å². The van der Waals surface area contributed by atoms with E-state index in [1.165, 1.54) is 55.3 Å². The Morgan fingerprint density at radius 1 is 0.192 bits per heavy atom. The number of aromatic nitrogens is 8. The Morgan fingerprint density at radius 3 is 0.769 bits per heavy atom. The van der Waals surface area contributed by atoms with Crippen molar-refractivity contribution < 1.29 is 9.47 Å². The second kappa shape index (κ2) is 32.8. The third-order valence-corrected chi connectivity index (χ3v) is 25.7. The minimum absolute atomic E-state index is 0.00273. The predicted octanol–water partition coefficient (Wildman–Crippen LogP) is 29.8. The normalized spacial score (nSPS) is 14.7. The summed E-state index contributed by atoms with van der Waals surface area (Å²) in [5.41, 5.74) is 33.2. The van der Waals surface area contributed by atoms with Gasteiger partial charge in [-0.05, 0) is 181 Å². The Bertz CT molecular complexity index is 7870. The van der Waals surface area contributed by atoms with Crippen LogP contribution in [0.25, 0.3) is 192 Å². The molecule has 17 aromatic carbocycles. The van der Waals surface area contributed by atoms with E-state index in [1.54, 1.807) is 0 Å². The van der Waals surface area contributed by atoms with Gasteiger partial charge in [-0.15, -0.1) is 0 Å². The smallest absolute Gasteiger partial charge is 0.164 e. The van der Waals surface area contributed by atoms with Crippen LogP contribution in [0, 0.1) is 0 Å². The zero-order valence-corrected chi connectivity index (χ0v) is 70.6. The predicted molar refractivity (Wildman–Crippen MR) is 527 cm³/mol. The molecule has 2 aliphatic heterocycles.